The summed E-state index contributed by atoms with van der Waals surface area (Å²) < 4.78 is 27.5. The molecule has 2 N–H and O–H groups in total. The summed E-state index contributed by atoms with van der Waals surface area (Å²) in [6.45, 7) is 13.4. The Hall–Kier alpha value is -2.45. The van der Waals surface area contributed by atoms with Crippen LogP contribution in [0.1, 0.15) is 73.6 Å². The maximum absolute atomic E-state index is 11.8. The molecule has 212 valence electrons. The normalized spacial score (nSPS) is 13.3. The molecule has 0 saturated carbocycles. The number of unbranched alkanes of at least 4 members (excludes halogenated alkanes) is 1. The second-order valence-electron chi connectivity index (χ2n) is 9.43. The van der Waals surface area contributed by atoms with Gasteiger partial charge >= 0.3 is 0 Å². The van der Waals surface area contributed by atoms with E-state index in [0.717, 1.165) is 25.6 Å². The SMILES string of the molecule is C/C=C/C=C\CC/C=C/C(=O)NCC(C)C.C/C=C/C=C\CCC(CC(=O)NCC(C)C)OS(C)(=O)=O. The number of amides is 2. The van der Waals surface area contributed by atoms with E-state index in [1.165, 1.54) is 0 Å². The molecule has 0 radical (unpaired) electrons. The van der Waals surface area contributed by atoms with E-state index in [0.29, 0.717) is 31.2 Å². The molecule has 8 heteroatoms. The molecule has 0 aliphatic rings. The first-order valence-corrected chi connectivity index (χ1v) is 14.9. The van der Waals surface area contributed by atoms with Gasteiger partial charge in [0.2, 0.25) is 11.8 Å². The van der Waals surface area contributed by atoms with Crippen LogP contribution in [-0.2, 0) is 23.9 Å². The summed E-state index contributed by atoms with van der Waals surface area (Å²) in [6.07, 6.45) is 22.7. The smallest absolute Gasteiger partial charge is 0.264 e. The molecule has 0 aliphatic heterocycles. The Labute approximate surface area is 226 Å². The highest BCUT2D eigenvalue weighted by atomic mass is 32.2. The molecule has 0 spiro atoms. The third kappa shape index (κ3) is 31.5. The average molecular weight is 539 g/mol. The average Bonchev–Trinajstić information content (AvgIpc) is 2.80. The van der Waals surface area contributed by atoms with Gasteiger partial charge in [-0.1, -0.05) is 82.4 Å². The summed E-state index contributed by atoms with van der Waals surface area (Å²) in [5.41, 5.74) is 0. The van der Waals surface area contributed by atoms with E-state index >= 15 is 0 Å². The fourth-order valence-corrected chi connectivity index (χ4v) is 3.29. The van der Waals surface area contributed by atoms with Crippen molar-refractivity contribution in [3.05, 3.63) is 60.8 Å². The number of hydrogen-bond acceptors (Lipinski definition) is 5. The highest BCUT2D eigenvalue weighted by molar-refractivity contribution is 7.86. The predicted molar refractivity (Wildman–Crippen MR) is 156 cm³/mol. The minimum atomic E-state index is -3.57. The molecule has 7 nitrogen and oxygen atoms in total. The first kappa shape index (κ1) is 36.7. The first-order chi connectivity index (χ1) is 17.4. The number of hydrogen-bond donors (Lipinski definition) is 2. The second-order valence-corrected chi connectivity index (χ2v) is 11.0. The lowest BCUT2D eigenvalue weighted by molar-refractivity contribution is -0.122. The highest BCUT2D eigenvalue weighted by Gasteiger charge is 2.18. The minimum Gasteiger partial charge on any atom is -0.356 e. The molecule has 0 aromatic carbocycles. The fraction of sp³-hybridized carbons (Fsp3) is 0.586. The van der Waals surface area contributed by atoms with Crippen molar-refractivity contribution >= 4 is 21.9 Å². The van der Waals surface area contributed by atoms with Crippen molar-refractivity contribution in [2.45, 2.75) is 79.8 Å². The van der Waals surface area contributed by atoms with Gasteiger partial charge in [-0.3, -0.25) is 13.8 Å². The largest absolute Gasteiger partial charge is 0.356 e. The maximum atomic E-state index is 11.8. The lowest BCUT2D eigenvalue weighted by Gasteiger charge is -2.16. The van der Waals surface area contributed by atoms with Crippen molar-refractivity contribution in [3.63, 3.8) is 0 Å². The highest BCUT2D eigenvalue weighted by Crippen LogP contribution is 2.11. The van der Waals surface area contributed by atoms with Crippen LogP contribution in [0.3, 0.4) is 0 Å². The lowest BCUT2D eigenvalue weighted by atomic mass is 10.1. The van der Waals surface area contributed by atoms with Crippen LogP contribution in [0.5, 0.6) is 0 Å². The topological polar surface area (TPSA) is 102 Å². The van der Waals surface area contributed by atoms with Gasteiger partial charge in [0, 0.05) is 13.1 Å². The van der Waals surface area contributed by atoms with Crippen molar-refractivity contribution < 1.29 is 22.2 Å². The van der Waals surface area contributed by atoms with E-state index in [2.05, 4.69) is 30.6 Å². The van der Waals surface area contributed by atoms with Crippen molar-refractivity contribution in [1.82, 2.24) is 10.6 Å². The number of nitrogens with one attached hydrogen (secondary N) is 2. The number of carbonyl (C=O) groups excluding carboxylic acids is 2. The van der Waals surface area contributed by atoms with Crippen LogP contribution in [0.2, 0.25) is 0 Å². The molecule has 37 heavy (non-hydrogen) atoms. The predicted octanol–water partition coefficient (Wildman–Crippen LogP) is 5.63. The van der Waals surface area contributed by atoms with E-state index in [9.17, 15) is 18.0 Å². The van der Waals surface area contributed by atoms with Crippen LogP contribution >= 0.6 is 0 Å². The Balaban J connectivity index is 0. The number of allylic oxidation sites excluding steroid dienone is 9. The molecule has 0 aromatic heterocycles. The van der Waals surface area contributed by atoms with Crippen LogP contribution in [0, 0.1) is 11.8 Å². The van der Waals surface area contributed by atoms with E-state index in [4.69, 9.17) is 4.18 Å². The molecule has 0 fully saturated rings. The Morgan fingerprint density at radius 3 is 1.81 bits per heavy atom. The molecule has 0 saturated heterocycles. The van der Waals surface area contributed by atoms with Gasteiger partial charge in [0.25, 0.3) is 10.1 Å². The molecular formula is C29H50N2O5S. The van der Waals surface area contributed by atoms with Gasteiger partial charge in [-0.2, -0.15) is 8.42 Å². The quantitative estimate of drug-likeness (QED) is 0.108. The molecule has 0 heterocycles. The van der Waals surface area contributed by atoms with E-state index < -0.39 is 16.2 Å². The molecule has 0 rings (SSSR count). The summed E-state index contributed by atoms with van der Waals surface area (Å²) in [5, 5.41) is 5.60. The standard InChI is InChI=1S/C15H27NO4S.C14H23NO/c1-5-6-7-8-9-10-14(20-21(4,18)19)11-15(17)16-12-13(2)3;1-4-5-6-7-8-9-10-11-14(16)15-12-13(2)3/h5-8,13-14H,9-12H2,1-4H3,(H,16,17);4-7,10-11,13H,8-9,12H2,1-3H3,(H,15,16)/b6-5+,8-7-;5-4+,7-6-,11-10+. The van der Waals surface area contributed by atoms with Crippen molar-refractivity contribution in [1.29, 1.82) is 0 Å². The molecule has 1 unspecified atom stereocenters. The van der Waals surface area contributed by atoms with E-state index in [1.807, 2.05) is 76.3 Å². The van der Waals surface area contributed by atoms with Crippen LogP contribution in [0.25, 0.3) is 0 Å². The van der Waals surface area contributed by atoms with Crippen LogP contribution in [-0.4, -0.2) is 45.7 Å². The van der Waals surface area contributed by atoms with Crippen molar-refractivity contribution in [2.75, 3.05) is 19.3 Å². The Bertz CT molecular complexity index is 854. The van der Waals surface area contributed by atoms with Gasteiger partial charge in [-0.25, -0.2) is 0 Å². The zero-order chi connectivity index (χ0) is 28.5. The summed E-state index contributed by atoms with van der Waals surface area (Å²) in [5.74, 6) is 0.675. The van der Waals surface area contributed by atoms with Gasteiger partial charge in [0.05, 0.1) is 18.8 Å². The summed E-state index contributed by atoms with van der Waals surface area (Å²) >= 11 is 0. The molecule has 0 aliphatic carbocycles. The Morgan fingerprint density at radius 1 is 0.784 bits per heavy atom. The lowest BCUT2D eigenvalue weighted by Crippen LogP contribution is -2.32. The molecule has 0 aromatic rings. The van der Waals surface area contributed by atoms with Crippen molar-refractivity contribution in [3.8, 4) is 0 Å². The van der Waals surface area contributed by atoms with Gasteiger partial charge < -0.3 is 10.6 Å². The van der Waals surface area contributed by atoms with Crippen molar-refractivity contribution in [2.24, 2.45) is 11.8 Å². The van der Waals surface area contributed by atoms with E-state index in [1.54, 1.807) is 6.08 Å². The van der Waals surface area contributed by atoms with Gasteiger partial charge in [0.15, 0.2) is 0 Å². The zero-order valence-electron chi connectivity index (χ0n) is 23.9. The van der Waals surface area contributed by atoms with Crippen LogP contribution in [0.15, 0.2) is 60.8 Å². The molecule has 2 amide bonds. The minimum absolute atomic E-state index is 0.00568. The number of carbonyl (C=O) groups is 2. The van der Waals surface area contributed by atoms with Crippen LogP contribution < -0.4 is 10.6 Å². The maximum Gasteiger partial charge on any atom is 0.264 e. The first-order valence-electron chi connectivity index (χ1n) is 13.1. The van der Waals surface area contributed by atoms with Gasteiger partial charge in [0.1, 0.15) is 0 Å². The Kier molecular flexibility index (Phi) is 23.7. The summed E-state index contributed by atoms with van der Waals surface area (Å²) in [6, 6.07) is 0. The molecular weight excluding hydrogens is 488 g/mol. The fourth-order valence-electron chi connectivity index (χ4n) is 2.63. The van der Waals surface area contributed by atoms with Gasteiger partial charge in [-0.05, 0) is 57.4 Å². The number of rotatable bonds is 17. The monoisotopic (exact) mass is 538 g/mol. The third-order valence-electron chi connectivity index (χ3n) is 4.42. The molecule has 1 atom stereocenters. The second kappa shape index (κ2) is 23.9. The molecule has 0 bridgehead atoms. The zero-order valence-corrected chi connectivity index (χ0v) is 24.7. The summed E-state index contributed by atoms with van der Waals surface area (Å²) in [4.78, 5) is 23.0. The summed E-state index contributed by atoms with van der Waals surface area (Å²) in [7, 11) is -3.57. The van der Waals surface area contributed by atoms with Crippen LogP contribution in [0.4, 0.5) is 0 Å². The van der Waals surface area contributed by atoms with Gasteiger partial charge in [-0.15, -0.1) is 0 Å². The Morgan fingerprint density at radius 2 is 1.30 bits per heavy atom. The third-order valence-corrected chi connectivity index (χ3v) is 5.04. The van der Waals surface area contributed by atoms with E-state index in [-0.39, 0.29) is 18.2 Å².